The highest BCUT2D eigenvalue weighted by Crippen LogP contribution is 2.21. The number of morpholine rings is 1. The predicted octanol–water partition coefficient (Wildman–Crippen LogP) is 2.17. The molecule has 0 atom stereocenters. The van der Waals surface area contributed by atoms with Crippen molar-refractivity contribution in [3.8, 4) is 0 Å². The largest absolute Gasteiger partial charge is 0.379 e. The summed E-state index contributed by atoms with van der Waals surface area (Å²) in [4.78, 5) is 19.7. The van der Waals surface area contributed by atoms with Crippen molar-refractivity contribution in [1.82, 2.24) is 19.8 Å². The Morgan fingerprint density at radius 3 is 2.60 bits per heavy atom. The van der Waals surface area contributed by atoms with Crippen LogP contribution in [-0.4, -0.2) is 55.1 Å². The number of aromatic nitrogens is 2. The fraction of sp³-hybridized carbons (Fsp3) is 0.440. The molecular weight excluding hydrogens is 466 g/mol. The first kappa shape index (κ1) is 25.3. The highest BCUT2D eigenvalue weighted by molar-refractivity contribution is 7.89. The van der Waals surface area contributed by atoms with E-state index >= 15 is 0 Å². The average molecular weight is 500 g/mol. The Bertz CT molecular complexity index is 1280. The second-order valence-corrected chi connectivity index (χ2v) is 10.4. The summed E-state index contributed by atoms with van der Waals surface area (Å²) in [5.74, 6) is 0.711. The molecule has 9 nitrogen and oxygen atoms in total. The first-order valence-electron chi connectivity index (χ1n) is 12.0. The summed E-state index contributed by atoms with van der Waals surface area (Å²) >= 11 is 0. The summed E-state index contributed by atoms with van der Waals surface area (Å²) in [7, 11) is -3.81. The maximum absolute atomic E-state index is 12.7. The van der Waals surface area contributed by atoms with E-state index in [1.54, 1.807) is 6.07 Å². The second-order valence-electron chi connectivity index (χ2n) is 8.81. The van der Waals surface area contributed by atoms with Crippen LogP contribution in [0.1, 0.15) is 36.7 Å². The Labute approximate surface area is 206 Å². The van der Waals surface area contributed by atoms with E-state index in [0.29, 0.717) is 24.9 Å². The fourth-order valence-corrected chi connectivity index (χ4v) is 4.93. The highest BCUT2D eigenvalue weighted by Gasteiger charge is 2.16. The van der Waals surface area contributed by atoms with E-state index in [-0.39, 0.29) is 10.8 Å². The van der Waals surface area contributed by atoms with Crippen LogP contribution >= 0.6 is 0 Å². The van der Waals surface area contributed by atoms with E-state index in [4.69, 9.17) is 9.88 Å². The molecule has 3 N–H and O–H groups in total. The quantitative estimate of drug-likeness (QED) is 0.441. The van der Waals surface area contributed by atoms with Gasteiger partial charge in [-0.05, 0) is 35.7 Å². The van der Waals surface area contributed by atoms with E-state index in [9.17, 15) is 13.2 Å². The van der Waals surface area contributed by atoms with Crippen molar-refractivity contribution in [2.45, 2.75) is 50.7 Å². The van der Waals surface area contributed by atoms with Gasteiger partial charge in [0.1, 0.15) is 5.82 Å². The zero-order valence-corrected chi connectivity index (χ0v) is 20.9. The summed E-state index contributed by atoms with van der Waals surface area (Å²) in [5.41, 5.74) is 3.73. The lowest BCUT2D eigenvalue weighted by Gasteiger charge is -2.27. The molecule has 4 rings (SSSR count). The average Bonchev–Trinajstić information content (AvgIpc) is 3.19. The van der Waals surface area contributed by atoms with Crippen LogP contribution in [0.5, 0.6) is 0 Å². The molecule has 1 aliphatic heterocycles. The number of amides is 1. The van der Waals surface area contributed by atoms with Crippen LogP contribution in [0.3, 0.4) is 0 Å². The molecule has 35 heavy (non-hydrogen) atoms. The number of nitrogens with zero attached hydrogens (tertiary/aromatic N) is 3. The number of benzene rings is 2. The number of aryl methyl sites for hydroxylation is 2. The monoisotopic (exact) mass is 499 g/mol. The van der Waals surface area contributed by atoms with Crippen LogP contribution < -0.4 is 10.5 Å². The lowest BCUT2D eigenvalue weighted by molar-refractivity contribution is -0.121. The van der Waals surface area contributed by atoms with E-state index in [1.165, 1.54) is 17.7 Å². The molecule has 3 aromatic rings. The number of primary sulfonamides is 1. The molecule has 1 saturated heterocycles. The van der Waals surface area contributed by atoms with Gasteiger partial charge in [0.25, 0.3) is 0 Å². The van der Waals surface area contributed by atoms with Gasteiger partial charge in [-0.2, -0.15) is 0 Å². The van der Waals surface area contributed by atoms with Gasteiger partial charge in [-0.1, -0.05) is 31.2 Å². The predicted molar refractivity (Wildman–Crippen MR) is 134 cm³/mol. The number of ether oxygens (including phenoxy) is 1. The van der Waals surface area contributed by atoms with Crippen molar-refractivity contribution < 1.29 is 17.9 Å². The van der Waals surface area contributed by atoms with Crippen LogP contribution in [-0.2, 0) is 45.6 Å². The Kier molecular flexibility index (Phi) is 8.17. The van der Waals surface area contributed by atoms with Crippen molar-refractivity contribution >= 4 is 27.0 Å². The Morgan fingerprint density at radius 2 is 1.89 bits per heavy atom. The van der Waals surface area contributed by atoms with Gasteiger partial charge in [0.05, 0.1) is 29.1 Å². The van der Waals surface area contributed by atoms with Crippen molar-refractivity contribution in [2.75, 3.05) is 26.3 Å². The molecular formula is C25H33N5O4S. The summed E-state index contributed by atoms with van der Waals surface area (Å²) in [5, 5.41) is 8.32. The van der Waals surface area contributed by atoms with Gasteiger partial charge in [0.2, 0.25) is 15.9 Å². The lowest BCUT2D eigenvalue weighted by atomic mass is 10.1. The summed E-state index contributed by atoms with van der Waals surface area (Å²) in [6.07, 6.45) is 1.64. The molecule has 10 heteroatoms. The molecule has 188 valence electrons. The van der Waals surface area contributed by atoms with Crippen molar-refractivity contribution in [3.05, 3.63) is 59.4 Å². The minimum atomic E-state index is -3.81. The number of fused-ring (bicyclic) bond motifs is 1. The maximum Gasteiger partial charge on any atom is 0.238 e. The molecule has 1 amide bonds. The van der Waals surface area contributed by atoms with Gasteiger partial charge in [0, 0.05) is 45.6 Å². The number of rotatable bonds is 10. The number of carbonyl (C=O) groups is 1. The van der Waals surface area contributed by atoms with Crippen LogP contribution in [0, 0.1) is 0 Å². The zero-order chi connectivity index (χ0) is 24.8. The third kappa shape index (κ3) is 6.46. The third-order valence-corrected chi connectivity index (χ3v) is 7.15. The molecule has 0 unspecified atom stereocenters. The van der Waals surface area contributed by atoms with Gasteiger partial charge in [-0.3, -0.25) is 9.69 Å². The molecule has 0 radical (unpaired) electrons. The van der Waals surface area contributed by atoms with Crippen molar-refractivity contribution in [1.29, 1.82) is 0 Å². The number of hydrogen-bond acceptors (Lipinski definition) is 6. The van der Waals surface area contributed by atoms with Crippen LogP contribution in [0.4, 0.5) is 0 Å². The Morgan fingerprint density at radius 1 is 1.14 bits per heavy atom. The standard InChI is InChI=1S/C25H33N5O4S/c1-2-11-30-23-8-7-21(35(26,32)33)16-22(23)28-24(30)9-10-25(31)27-17-19-5-3-4-6-20(19)18-29-12-14-34-15-13-29/h3-8,16H,2,9-15,17-18H2,1H3,(H,27,31)(H2,26,32,33). The van der Waals surface area contributed by atoms with E-state index in [0.717, 1.165) is 62.7 Å². The minimum absolute atomic E-state index is 0.0335. The molecule has 2 aromatic carbocycles. The molecule has 2 heterocycles. The van der Waals surface area contributed by atoms with Crippen molar-refractivity contribution in [2.24, 2.45) is 5.14 Å². The summed E-state index contributed by atoms with van der Waals surface area (Å²) in [6.45, 7) is 7.46. The van der Waals surface area contributed by atoms with Crippen molar-refractivity contribution in [3.63, 3.8) is 0 Å². The molecule has 1 aromatic heterocycles. The summed E-state index contributed by atoms with van der Waals surface area (Å²) < 4.78 is 30.9. The minimum Gasteiger partial charge on any atom is -0.379 e. The first-order valence-corrected chi connectivity index (χ1v) is 13.6. The zero-order valence-electron chi connectivity index (χ0n) is 20.1. The number of hydrogen-bond donors (Lipinski definition) is 2. The molecule has 1 fully saturated rings. The number of imidazole rings is 1. The lowest BCUT2D eigenvalue weighted by Crippen LogP contribution is -2.36. The Hall–Kier alpha value is -2.79. The Balaban J connectivity index is 1.40. The first-order chi connectivity index (χ1) is 16.8. The van der Waals surface area contributed by atoms with Gasteiger partial charge >= 0.3 is 0 Å². The molecule has 0 aliphatic carbocycles. The van der Waals surface area contributed by atoms with Crippen LogP contribution in [0.2, 0.25) is 0 Å². The molecule has 0 spiro atoms. The van der Waals surface area contributed by atoms with Gasteiger partial charge in [0.15, 0.2) is 0 Å². The summed E-state index contributed by atoms with van der Waals surface area (Å²) in [6, 6.07) is 12.9. The van der Waals surface area contributed by atoms with E-state index in [2.05, 4.69) is 34.3 Å². The second kappa shape index (κ2) is 11.3. The van der Waals surface area contributed by atoms with Gasteiger partial charge < -0.3 is 14.6 Å². The van der Waals surface area contributed by atoms with Gasteiger partial charge in [-0.25, -0.2) is 18.5 Å². The van der Waals surface area contributed by atoms with E-state index < -0.39 is 10.0 Å². The molecule has 1 aliphatic rings. The third-order valence-electron chi connectivity index (χ3n) is 6.24. The number of carbonyl (C=O) groups excluding carboxylic acids is 1. The number of sulfonamides is 1. The fourth-order valence-electron chi connectivity index (χ4n) is 4.39. The highest BCUT2D eigenvalue weighted by atomic mass is 32.2. The number of nitrogens with one attached hydrogen (secondary N) is 1. The van der Waals surface area contributed by atoms with Crippen LogP contribution in [0.25, 0.3) is 11.0 Å². The van der Waals surface area contributed by atoms with E-state index in [1.807, 2.05) is 16.7 Å². The molecule has 0 bridgehead atoms. The number of nitrogens with two attached hydrogens (primary N) is 1. The van der Waals surface area contributed by atoms with Gasteiger partial charge in [-0.15, -0.1) is 0 Å². The van der Waals surface area contributed by atoms with Crippen LogP contribution in [0.15, 0.2) is 47.4 Å². The smallest absolute Gasteiger partial charge is 0.238 e. The molecule has 0 saturated carbocycles. The normalized spacial score (nSPS) is 14.9. The topological polar surface area (TPSA) is 120 Å². The SMILES string of the molecule is CCCn1c(CCC(=O)NCc2ccccc2CN2CCOCC2)nc2cc(S(N)(=O)=O)ccc21. The maximum atomic E-state index is 12.7.